The van der Waals surface area contributed by atoms with Crippen molar-refractivity contribution in [3.05, 3.63) is 35.4 Å². The first-order valence-corrected chi connectivity index (χ1v) is 8.91. The largest absolute Gasteiger partial charge is 0.351 e. The molecule has 4 nitrogen and oxygen atoms in total. The van der Waals surface area contributed by atoms with Crippen molar-refractivity contribution in [2.24, 2.45) is 5.41 Å². The van der Waals surface area contributed by atoms with Crippen molar-refractivity contribution in [1.82, 2.24) is 5.32 Å². The second kappa shape index (κ2) is 6.16. The van der Waals surface area contributed by atoms with E-state index < -0.39 is 5.79 Å². The van der Waals surface area contributed by atoms with E-state index in [2.05, 4.69) is 12.2 Å². The number of ether oxygens (including phenoxy) is 2. The van der Waals surface area contributed by atoms with Gasteiger partial charge < -0.3 is 14.8 Å². The fourth-order valence-corrected chi connectivity index (χ4v) is 3.83. The van der Waals surface area contributed by atoms with Crippen molar-refractivity contribution < 1.29 is 14.3 Å². The standard InChI is InChI=1S/C20H29NO3/c1-15-7-5-6-8-16(15)17(22)21-13-19(4)9-11-20(12-10-19)14-23-18(2,3)24-20/h5-8H,9-14H2,1-4H3,(H,21,22). The molecule has 1 N–H and O–H groups in total. The molecule has 132 valence electrons. The molecule has 0 radical (unpaired) electrons. The van der Waals surface area contributed by atoms with Gasteiger partial charge in [0.05, 0.1) is 12.2 Å². The van der Waals surface area contributed by atoms with Crippen LogP contribution in [0.1, 0.15) is 62.4 Å². The molecule has 24 heavy (non-hydrogen) atoms. The highest BCUT2D eigenvalue weighted by atomic mass is 16.8. The van der Waals surface area contributed by atoms with Crippen LogP contribution in [0.5, 0.6) is 0 Å². The van der Waals surface area contributed by atoms with Gasteiger partial charge in [-0.3, -0.25) is 4.79 Å². The third-order valence-corrected chi connectivity index (χ3v) is 5.58. The maximum Gasteiger partial charge on any atom is 0.251 e. The highest BCUT2D eigenvalue weighted by Crippen LogP contribution is 2.47. The lowest BCUT2D eigenvalue weighted by Gasteiger charge is -2.42. The van der Waals surface area contributed by atoms with Crippen LogP contribution in [0.2, 0.25) is 0 Å². The number of benzene rings is 1. The van der Waals surface area contributed by atoms with E-state index in [1.165, 1.54) is 0 Å². The van der Waals surface area contributed by atoms with Gasteiger partial charge in [-0.05, 0) is 63.5 Å². The lowest BCUT2D eigenvalue weighted by Crippen LogP contribution is -2.45. The van der Waals surface area contributed by atoms with Crippen molar-refractivity contribution in [3.8, 4) is 0 Å². The Balaban J connectivity index is 1.55. The smallest absolute Gasteiger partial charge is 0.251 e. The molecule has 0 unspecified atom stereocenters. The Labute approximate surface area is 144 Å². The fraction of sp³-hybridized carbons (Fsp3) is 0.650. The molecule has 3 rings (SSSR count). The Morgan fingerprint density at radius 3 is 2.38 bits per heavy atom. The van der Waals surface area contributed by atoms with Crippen LogP contribution in [0, 0.1) is 12.3 Å². The van der Waals surface area contributed by atoms with Gasteiger partial charge in [-0.2, -0.15) is 0 Å². The van der Waals surface area contributed by atoms with Gasteiger partial charge in [-0.15, -0.1) is 0 Å². The topological polar surface area (TPSA) is 47.6 Å². The van der Waals surface area contributed by atoms with E-state index in [1.807, 2.05) is 45.0 Å². The first-order chi connectivity index (χ1) is 11.2. The Kier molecular flexibility index (Phi) is 4.47. The van der Waals surface area contributed by atoms with Crippen molar-refractivity contribution in [1.29, 1.82) is 0 Å². The molecule has 0 bridgehead atoms. The minimum Gasteiger partial charge on any atom is -0.351 e. The summed E-state index contributed by atoms with van der Waals surface area (Å²) in [5, 5.41) is 3.13. The summed E-state index contributed by atoms with van der Waals surface area (Å²) in [6.07, 6.45) is 4.07. The summed E-state index contributed by atoms with van der Waals surface area (Å²) in [5.74, 6) is -0.441. The number of amides is 1. The van der Waals surface area contributed by atoms with Gasteiger partial charge in [0.1, 0.15) is 0 Å². The molecule has 0 aromatic heterocycles. The van der Waals surface area contributed by atoms with E-state index in [4.69, 9.17) is 9.47 Å². The minimum atomic E-state index is -0.465. The molecule has 1 aromatic rings. The molecule has 1 amide bonds. The van der Waals surface area contributed by atoms with Gasteiger partial charge in [-0.25, -0.2) is 0 Å². The lowest BCUT2D eigenvalue weighted by molar-refractivity contribution is -0.171. The zero-order chi connectivity index (χ0) is 17.4. The predicted molar refractivity (Wildman–Crippen MR) is 93.9 cm³/mol. The van der Waals surface area contributed by atoms with E-state index in [0.717, 1.165) is 36.8 Å². The molecule has 1 spiro atoms. The highest BCUT2D eigenvalue weighted by Gasteiger charge is 2.49. The number of aryl methyl sites for hydroxylation is 1. The summed E-state index contributed by atoms with van der Waals surface area (Å²) in [7, 11) is 0. The van der Waals surface area contributed by atoms with Crippen molar-refractivity contribution in [2.75, 3.05) is 13.2 Å². The SMILES string of the molecule is Cc1ccccc1C(=O)NCC1(C)CCC2(CC1)COC(C)(C)O2. The quantitative estimate of drug-likeness (QED) is 0.916. The van der Waals surface area contributed by atoms with E-state index in [0.29, 0.717) is 13.2 Å². The maximum atomic E-state index is 12.4. The third-order valence-electron chi connectivity index (χ3n) is 5.58. The van der Waals surface area contributed by atoms with E-state index in [-0.39, 0.29) is 16.9 Å². The monoisotopic (exact) mass is 331 g/mol. The van der Waals surface area contributed by atoms with Gasteiger partial charge in [0.2, 0.25) is 0 Å². The normalized spacial score (nSPS) is 32.0. The van der Waals surface area contributed by atoms with Crippen molar-refractivity contribution >= 4 is 5.91 Å². The van der Waals surface area contributed by atoms with Crippen molar-refractivity contribution in [2.45, 2.75) is 64.8 Å². The Morgan fingerprint density at radius 2 is 1.79 bits per heavy atom. The Morgan fingerprint density at radius 1 is 1.12 bits per heavy atom. The van der Waals surface area contributed by atoms with Gasteiger partial charge >= 0.3 is 0 Å². The van der Waals surface area contributed by atoms with Gasteiger partial charge in [0.25, 0.3) is 5.91 Å². The first-order valence-electron chi connectivity index (χ1n) is 8.91. The molecule has 1 heterocycles. The molecular weight excluding hydrogens is 302 g/mol. The second-order valence-corrected chi connectivity index (χ2v) is 8.28. The first kappa shape index (κ1) is 17.4. The van der Waals surface area contributed by atoms with Crippen LogP contribution in [0.15, 0.2) is 24.3 Å². The molecule has 2 fully saturated rings. The molecule has 4 heteroatoms. The average Bonchev–Trinajstić information content (AvgIpc) is 2.85. The van der Waals surface area contributed by atoms with Crippen LogP contribution in [-0.4, -0.2) is 30.4 Å². The van der Waals surface area contributed by atoms with Crippen LogP contribution in [0.4, 0.5) is 0 Å². The molecule has 0 atom stereocenters. The number of carbonyl (C=O) groups excluding carboxylic acids is 1. The van der Waals surface area contributed by atoms with E-state index in [1.54, 1.807) is 0 Å². The molecule has 1 aromatic carbocycles. The zero-order valence-electron chi connectivity index (χ0n) is 15.3. The fourth-order valence-electron chi connectivity index (χ4n) is 3.83. The summed E-state index contributed by atoms with van der Waals surface area (Å²) in [4.78, 5) is 12.4. The molecular formula is C20H29NO3. The summed E-state index contributed by atoms with van der Waals surface area (Å²) in [5.41, 5.74) is 1.78. The Bertz CT molecular complexity index is 615. The number of hydrogen-bond donors (Lipinski definition) is 1. The summed E-state index contributed by atoms with van der Waals surface area (Å²) in [6, 6.07) is 7.72. The second-order valence-electron chi connectivity index (χ2n) is 8.28. The maximum absolute atomic E-state index is 12.4. The molecule has 1 aliphatic heterocycles. The van der Waals surface area contributed by atoms with Gasteiger partial charge in [-0.1, -0.05) is 25.1 Å². The summed E-state index contributed by atoms with van der Waals surface area (Å²) in [6.45, 7) is 9.60. The van der Waals surface area contributed by atoms with Gasteiger partial charge in [0, 0.05) is 12.1 Å². The lowest BCUT2D eigenvalue weighted by atomic mass is 9.70. The number of hydrogen-bond acceptors (Lipinski definition) is 3. The molecule has 2 aliphatic rings. The van der Waals surface area contributed by atoms with E-state index in [9.17, 15) is 4.79 Å². The predicted octanol–water partition coefficient (Wildman–Crippen LogP) is 3.83. The molecule has 1 saturated carbocycles. The van der Waals surface area contributed by atoms with Crippen LogP contribution in [0.25, 0.3) is 0 Å². The van der Waals surface area contributed by atoms with Gasteiger partial charge in [0.15, 0.2) is 5.79 Å². The van der Waals surface area contributed by atoms with Crippen LogP contribution in [-0.2, 0) is 9.47 Å². The van der Waals surface area contributed by atoms with Crippen molar-refractivity contribution in [3.63, 3.8) is 0 Å². The molecule has 1 saturated heterocycles. The van der Waals surface area contributed by atoms with Crippen LogP contribution in [0.3, 0.4) is 0 Å². The zero-order valence-corrected chi connectivity index (χ0v) is 15.3. The average molecular weight is 331 g/mol. The number of carbonyl (C=O) groups is 1. The third kappa shape index (κ3) is 3.65. The highest BCUT2D eigenvalue weighted by molar-refractivity contribution is 5.95. The number of nitrogens with one attached hydrogen (secondary N) is 1. The van der Waals surface area contributed by atoms with E-state index >= 15 is 0 Å². The van der Waals surface area contributed by atoms with Crippen LogP contribution < -0.4 is 5.32 Å². The summed E-state index contributed by atoms with van der Waals surface area (Å²) >= 11 is 0. The summed E-state index contributed by atoms with van der Waals surface area (Å²) < 4.78 is 12.0. The Hall–Kier alpha value is -1.39. The number of rotatable bonds is 3. The van der Waals surface area contributed by atoms with Crippen LogP contribution >= 0.6 is 0 Å². The minimum absolute atomic E-state index is 0.0243. The molecule has 1 aliphatic carbocycles.